The van der Waals surface area contributed by atoms with Crippen LogP contribution in [0.4, 0.5) is 17.1 Å². The summed E-state index contributed by atoms with van der Waals surface area (Å²) in [4.78, 5) is 16.6. The molecule has 2 aliphatic rings. The number of fused-ring (bicyclic) bond motifs is 1. The van der Waals surface area contributed by atoms with Gasteiger partial charge in [0.15, 0.2) is 0 Å². The van der Waals surface area contributed by atoms with Crippen molar-refractivity contribution in [3.05, 3.63) is 53.1 Å². The number of amides is 1. The molecule has 0 spiro atoms. The van der Waals surface area contributed by atoms with E-state index < -0.39 is 0 Å². The highest BCUT2D eigenvalue weighted by molar-refractivity contribution is 6.30. The first-order chi connectivity index (χ1) is 12.5. The first kappa shape index (κ1) is 17.2. The molecular formula is C21H24ClN3O. The average molecular weight is 370 g/mol. The van der Waals surface area contributed by atoms with Gasteiger partial charge in [-0.3, -0.25) is 4.79 Å². The summed E-state index contributed by atoms with van der Waals surface area (Å²) in [6.45, 7) is 4.15. The molecule has 1 amide bonds. The second-order valence-electron chi connectivity index (χ2n) is 7.33. The summed E-state index contributed by atoms with van der Waals surface area (Å²) in [6.07, 6.45) is 2.33. The lowest BCUT2D eigenvalue weighted by Crippen LogP contribution is -2.51. The van der Waals surface area contributed by atoms with Crippen LogP contribution in [0.25, 0.3) is 0 Å². The van der Waals surface area contributed by atoms with Gasteiger partial charge in [0.1, 0.15) is 6.04 Å². The van der Waals surface area contributed by atoms with E-state index in [9.17, 15) is 4.79 Å². The Morgan fingerprint density at radius 1 is 1.12 bits per heavy atom. The second kappa shape index (κ2) is 6.51. The molecule has 1 aliphatic carbocycles. The van der Waals surface area contributed by atoms with Gasteiger partial charge in [-0.25, -0.2) is 0 Å². The average Bonchev–Trinajstić information content (AvgIpc) is 3.45. The highest BCUT2D eigenvalue weighted by Crippen LogP contribution is 2.43. The van der Waals surface area contributed by atoms with Crippen molar-refractivity contribution < 1.29 is 4.79 Å². The van der Waals surface area contributed by atoms with Crippen molar-refractivity contribution in [3.8, 4) is 0 Å². The van der Waals surface area contributed by atoms with Crippen LogP contribution in [0.15, 0.2) is 42.5 Å². The number of halogens is 1. The minimum Gasteiger partial charge on any atom is -0.378 e. The molecule has 0 aromatic heterocycles. The zero-order valence-corrected chi connectivity index (χ0v) is 16.1. The molecule has 2 atom stereocenters. The van der Waals surface area contributed by atoms with E-state index in [1.807, 2.05) is 44.3 Å². The van der Waals surface area contributed by atoms with Crippen molar-refractivity contribution in [2.24, 2.45) is 0 Å². The van der Waals surface area contributed by atoms with Crippen molar-refractivity contribution in [3.63, 3.8) is 0 Å². The SMILES string of the molecule is CC(Nc1ccc2c(c1)N(C1CC1)C(C)C(=O)N2C)c1ccc(Cl)cc1. The maximum absolute atomic E-state index is 12.6. The zero-order chi connectivity index (χ0) is 18.4. The molecule has 0 radical (unpaired) electrons. The maximum Gasteiger partial charge on any atom is 0.249 e. The van der Waals surface area contributed by atoms with Gasteiger partial charge in [-0.1, -0.05) is 23.7 Å². The molecule has 0 bridgehead atoms. The fraction of sp³-hybridized carbons (Fsp3) is 0.381. The molecule has 1 aliphatic heterocycles. The number of hydrogen-bond donors (Lipinski definition) is 1. The lowest BCUT2D eigenvalue weighted by molar-refractivity contribution is -0.119. The molecule has 0 saturated heterocycles. The normalized spacial score (nSPS) is 20.8. The molecule has 1 saturated carbocycles. The van der Waals surface area contributed by atoms with Crippen molar-refractivity contribution in [2.45, 2.75) is 44.8 Å². The molecule has 136 valence electrons. The summed E-state index contributed by atoms with van der Waals surface area (Å²) in [5, 5.41) is 4.32. The van der Waals surface area contributed by atoms with Crippen LogP contribution in [-0.2, 0) is 4.79 Å². The van der Waals surface area contributed by atoms with Crippen molar-refractivity contribution in [1.82, 2.24) is 0 Å². The van der Waals surface area contributed by atoms with Gasteiger partial charge >= 0.3 is 0 Å². The van der Waals surface area contributed by atoms with E-state index in [1.54, 1.807) is 4.90 Å². The molecule has 1 N–H and O–H groups in total. The van der Waals surface area contributed by atoms with Gasteiger partial charge in [0.05, 0.1) is 11.4 Å². The summed E-state index contributed by atoms with van der Waals surface area (Å²) >= 11 is 5.99. The Hall–Kier alpha value is -2.20. The molecule has 4 nitrogen and oxygen atoms in total. The minimum atomic E-state index is -0.107. The lowest BCUT2D eigenvalue weighted by atomic mass is 10.1. The molecule has 2 aromatic rings. The first-order valence-corrected chi connectivity index (χ1v) is 9.55. The Morgan fingerprint density at radius 3 is 2.46 bits per heavy atom. The van der Waals surface area contributed by atoms with E-state index >= 15 is 0 Å². The van der Waals surface area contributed by atoms with Crippen molar-refractivity contribution >= 4 is 34.6 Å². The second-order valence-corrected chi connectivity index (χ2v) is 7.77. The zero-order valence-electron chi connectivity index (χ0n) is 15.4. The van der Waals surface area contributed by atoms with E-state index in [4.69, 9.17) is 11.6 Å². The highest BCUT2D eigenvalue weighted by atomic mass is 35.5. The summed E-state index contributed by atoms with van der Waals surface area (Å²) in [5.41, 5.74) is 4.39. The van der Waals surface area contributed by atoms with E-state index in [0.29, 0.717) is 6.04 Å². The number of hydrogen-bond acceptors (Lipinski definition) is 3. The quantitative estimate of drug-likeness (QED) is 0.837. The van der Waals surface area contributed by atoms with Gasteiger partial charge in [0.2, 0.25) is 5.91 Å². The van der Waals surface area contributed by atoms with Crippen LogP contribution in [0.5, 0.6) is 0 Å². The smallest absolute Gasteiger partial charge is 0.249 e. The van der Waals surface area contributed by atoms with Crippen LogP contribution in [-0.4, -0.2) is 25.0 Å². The predicted octanol–water partition coefficient (Wildman–Crippen LogP) is 4.85. The summed E-state index contributed by atoms with van der Waals surface area (Å²) in [5.74, 6) is 0.166. The Bertz CT molecular complexity index is 832. The van der Waals surface area contributed by atoms with Crippen LogP contribution in [0, 0.1) is 0 Å². The van der Waals surface area contributed by atoms with Crippen molar-refractivity contribution in [1.29, 1.82) is 0 Å². The van der Waals surface area contributed by atoms with Gasteiger partial charge in [0.25, 0.3) is 0 Å². The Balaban J connectivity index is 1.63. The van der Waals surface area contributed by atoms with Crippen LogP contribution in [0.3, 0.4) is 0 Å². The maximum atomic E-state index is 12.6. The van der Waals surface area contributed by atoms with Crippen LogP contribution >= 0.6 is 11.6 Å². The number of anilines is 3. The van der Waals surface area contributed by atoms with Gasteiger partial charge in [-0.2, -0.15) is 0 Å². The van der Waals surface area contributed by atoms with Gasteiger partial charge in [-0.15, -0.1) is 0 Å². The van der Waals surface area contributed by atoms with Crippen molar-refractivity contribution in [2.75, 3.05) is 22.2 Å². The molecule has 1 heterocycles. The largest absolute Gasteiger partial charge is 0.378 e. The molecule has 1 fully saturated rings. The monoisotopic (exact) mass is 369 g/mol. The van der Waals surface area contributed by atoms with Crippen LogP contribution in [0.1, 0.15) is 38.3 Å². The molecule has 26 heavy (non-hydrogen) atoms. The number of carbonyl (C=O) groups excluding carboxylic acids is 1. The van der Waals surface area contributed by atoms with Crippen LogP contribution < -0.4 is 15.1 Å². The molecule has 5 heteroatoms. The fourth-order valence-corrected chi connectivity index (χ4v) is 3.91. The lowest BCUT2D eigenvalue weighted by Gasteiger charge is -2.41. The van der Waals surface area contributed by atoms with E-state index in [1.165, 1.54) is 18.4 Å². The summed E-state index contributed by atoms with van der Waals surface area (Å²) < 4.78 is 0. The highest BCUT2D eigenvalue weighted by Gasteiger charge is 2.41. The number of nitrogens with one attached hydrogen (secondary N) is 1. The molecular weight excluding hydrogens is 346 g/mol. The number of carbonyl (C=O) groups is 1. The fourth-order valence-electron chi connectivity index (χ4n) is 3.78. The molecule has 4 rings (SSSR count). The van der Waals surface area contributed by atoms with E-state index in [0.717, 1.165) is 22.1 Å². The van der Waals surface area contributed by atoms with Gasteiger partial charge in [-0.05, 0) is 62.6 Å². The predicted molar refractivity (Wildman–Crippen MR) is 108 cm³/mol. The van der Waals surface area contributed by atoms with Crippen LogP contribution in [0.2, 0.25) is 5.02 Å². The first-order valence-electron chi connectivity index (χ1n) is 9.17. The summed E-state index contributed by atoms with van der Waals surface area (Å²) in [6, 6.07) is 14.8. The third-order valence-electron chi connectivity index (χ3n) is 5.41. The van der Waals surface area contributed by atoms with Gasteiger partial charge in [0, 0.05) is 29.8 Å². The molecule has 2 unspecified atom stereocenters. The Morgan fingerprint density at radius 2 is 1.81 bits per heavy atom. The summed E-state index contributed by atoms with van der Waals surface area (Å²) in [7, 11) is 1.87. The molecule has 2 aromatic carbocycles. The van der Waals surface area contributed by atoms with E-state index in [2.05, 4.69) is 29.3 Å². The topological polar surface area (TPSA) is 35.6 Å². The number of likely N-dealkylation sites (N-methyl/N-ethyl adjacent to an activating group) is 1. The Kier molecular flexibility index (Phi) is 4.31. The number of benzene rings is 2. The number of nitrogens with zero attached hydrogens (tertiary/aromatic N) is 2. The minimum absolute atomic E-state index is 0.107. The van der Waals surface area contributed by atoms with E-state index in [-0.39, 0.29) is 18.0 Å². The standard InChI is InChI=1S/C21H24ClN3O/c1-13(15-4-6-16(22)7-5-15)23-17-8-11-19-20(12-17)25(18-9-10-18)14(2)21(26)24(19)3/h4-8,11-14,18,23H,9-10H2,1-3H3. The number of rotatable bonds is 4. The Labute approximate surface area is 159 Å². The third kappa shape index (κ3) is 3.03. The third-order valence-corrected chi connectivity index (χ3v) is 5.67. The van der Waals surface area contributed by atoms with Gasteiger partial charge < -0.3 is 15.1 Å².